The summed E-state index contributed by atoms with van der Waals surface area (Å²) in [6.07, 6.45) is 1.66. The number of non-ortho nitro benzene ring substituents is 1. The highest BCUT2D eigenvalue weighted by Crippen LogP contribution is 2.27. The third kappa shape index (κ3) is 4.33. The highest BCUT2D eigenvalue weighted by molar-refractivity contribution is 6.35. The first-order chi connectivity index (χ1) is 12.4. The lowest BCUT2D eigenvalue weighted by atomic mass is 10.1. The number of nitro benzene ring substituents is 1. The number of rotatable bonds is 5. The van der Waals surface area contributed by atoms with Gasteiger partial charge in [0.2, 0.25) is 5.91 Å². The molecule has 1 fully saturated rings. The lowest BCUT2D eigenvalue weighted by Gasteiger charge is -2.24. The Balaban J connectivity index is 1.68. The van der Waals surface area contributed by atoms with Crippen LogP contribution in [-0.4, -0.2) is 28.3 Å². The van der Waals surface area contributed by atoms with Crippen LogP contribution in [0, 0.1) is 10.1 Å². The Kier molecular flexibility index (Phi) is 5.76. The molecule has 0 aromatic heterocycles. The molecule has 0 bridgehead atoms. The van der Waals surface area contributed by atoms with Gasteiger partial charge in [0, 0.05) is 23.7 Å². The maximum absolute atomic E-state index is 12.7. The second kappa shape index (κ2) is 8.03. The van der Waals surface area contributed by atoms with Crippen molar-refractivity contribution < 1.29 is 9.72 Å². The molecule has 6 nitrogen and oxygen atoms in total. The number of nitrogens with one attached hydrogen (secondary N) is 1. The zero-order valence-electron chi connectivity index (χ0n) is 13.8. The normalized spacial score (nSPS) is 17.2. The van der Waals surface area contributed by atoms with Gasteiger partial charge in [0.05, 0.1) is 21.7 Å². The predicted octanol–water partition coefficient (Wildman–Crippen LogP) is 4.50. The number of amides is 1. The van der Waals surface area contributed by atoms with Crippen molar-refractivity contribution in [2.24, 2.45) is 0 Å². The van der Waals surface area contributed by atoms with Crippen molar-refractivity contribution in [1.82, 2.24) is 4.90 Å². The van der Waals surface area contributed by atoms with Crippen LogP contribution in [0.15, 0.2) is 42.5 Å². The van der Waals surface area contributed by atoms with Crippen LogP contribution < -0.4 is 5.32 Å². The smallest absolute Gasteiger partial charge is 0.269 e. The number of hydrogen-bond donors (Lipinski definition) is 1. The summed E-state index contributed by atoms with van der Waals surface area (Å²) >= 11 is 12.1. The van der Waals surface area contributed by atoms with Gasteiger partial charge in [0.1, 0.15) is 0 Å². The van der Waals surface area contributed by atoms with Crippen LogP contribution in [0.2, 0.25) is 10.0 Å². The summed E-state index contributed by atoms with van der Waals surface area (Å²) in [7, 11) is 0. The second-order valence-corrected chi connectivity index (χ2v) is 7.01. The summed E-state index contributed by atoms with van der Waals surface area (Å²) in [6.45, 7) is 1.34. The Morgan fingerprint density at radius 3 is 2.65 bits per heavy atom. The Morgan fingerprint density at radius 1 is 1.23 bits per heavy atom. The number of hydrogen-bond acceptors (Lipinski definition) is 4. The van der Waals surface area contributed by atoms with Gasteiger partial charge in [-0.2, -0.15) is 0 Å². The molecule has 1 aliphatic rings. The number of nitrogens with zero attached hydrogens (tertiary/aromatic N) is 2. The van der Waals surface area contributed by atoms with Crippen molar-refractivity contribution in [3.8, 4) is 0 Å². The van der Waals surface area contributed by atoms with E-state index in [1.165, 1.54) is 12.1 Å². The number of likely N-dealkylation sites (tertiary alicyclic amines) is 1. The van der Waals surface area contributed by atoms with Gasteiger partial charge in [0.25, 0.3) is 5.69 Å². The number of halogens is 2. The fourth-order valence-corrected chi connectivity index (χ4v) is 3.42. The fourth-order valence-electron chi connectivity index (χ4n) is 3.08. The van der Waals surface area contributed by atoms with Crippen LogP contribution in [-0.2, 0) is 11.3 Å². The molecule has 3 rings (SSSR count). The van der Waals surface area contributed by atoms with Crippen LogP contribution in [0.3, 0.4) is 0 Å². The van der Waals surface area contributed by atoms with E-state index in [4.69, 9.17) is 23.2 Å². The Bertz CT molecular complexity index is 827. The largest absolute Gasteiger partial charge is 0.323 e. The molecular weight excluding hydrogens is 377 g/mol. The third-order valence-electron chi connectivity index (χ3n) is 4.39. The molecule has 2 aromatic rings. The van der Waals surface area contributed by atoms with E-state index in [1.54, 1.807) is 30.3 Å². The molecule has 1 aliphatic heterocycles. The molecule has 0 aliphatic carbocycles. The van der Waals surface area contributed by atoms with Gasteiger partial charge in [-0.15, -0.1) is 0 Å². The highest BCUT2D eigenvalue weighted by Gasteiger charge is 2.31. The van der Waals surface area contributed by atoms with Crippen molar-refractivity contribution in [1.29, 1.82) is 0 Å². The van der Waals surface area contributed by atoms with Crippen molar-refractivity contribution in [3.63, 3.8) is 0 Å². The average Bonchev–Trinajstić information content (AvgIpc) is 3.07. The van der Waals surface area contributed by atoms with Gasteiger partial charge in [0.15, 0.2) is 0 Å². The van der Waals surface area contributed by atoms with E-state index in [9.17, 15) is 14.9 Å². The van der Waals surface area contributed by atoms with Crippen LogP contribution >= 0.6 is 23.2 Å². The standard InChI is InChI=1S/C18H17Cl2N3O3/c19-13-5-8-15(20)16(10-13)21-18(24)17-2-1-9-22(17)11-12-3-6-14(7-4-12)23(25)26/h3-8,10,17H,1-2,9,11H2,(H,21,24)/t17-/m0/s1. The monoisotopic (exact) mass is 393 g/mol. The van der Waals surface area contributed by atoms with E-state index in [2.05, 4.69) is 10.2 Å². The first-order valence-electron chi connectivity index (χ1n) is 8.17. The van der Waals surface area contributed by atoms with E-state index >= 15 is 0 Å². The van der Waals surface area contributed by atoms with Crippen LogP contribution in [0.25, 0.3) is 0 Å². The first kappa shape index (κ1) is 18.6. The van der Waals surface area contributed by atoms with Gasteiger partial charge in [-0.3, -0.25) is 19.8 Å². The van der Waals surface area contributed by atoms with Gasteiger partial charge in [-0.05, 0) is 43.1 Å². The Hall–Kier alpha value is -2.15. The third-order valence-corrected chi connectivity index (χ3v) is 4.95. The zero-order chi connectivity index (χ0) is 18.7. The molecule has 0 unspecified atom stereocenters. The van der Waals surface area contributed by atoms with E-state index < -0.39 is 4.92 Å². The van der Waals surface area contributed by atoms with Crippen molar-refractivity contribution in [3.05, 3.63) is 68.2 Å². The molecule has 26 heavy (non-hydrogen) atoms. The SMILES string of the molecule is O=C(Nc1cc(Cl)ccc1Cl)[C@@H]1CCCN1Cc1ccc([N+](=O)[O-])cc1. The summed E-state index contributed by atoms with van der Waals surface area (Å²) in [5, 5.41) is 14.5. The molecule has 0 saturated carbocycles. The number of benzene rings is 2. The molecule has 0 radical (unpaired) electrons. The average molecular weight is 394 g/mol. The van der Waals surface area contributed by atoms with Crippen molar-refractivity contribution in [2.45, 2.75) is 25.4 Å². The molecule has 1 N–H and O–H groups in total. The van der Waals surface area contributed by atoms with E-state index in [0.29, 0.717) is 22.3 Å². The molecule has 1 atom stereocenters. The summed E-state index contributed by atoms with van der Waals surface area (Å²) in [6, 6.07) is 11.0. The quantitative estimate of drug-likeness (QED) is 0.598. The summed E-state index contributed by atoms with van der Waals surface area (Å²) in [4.78, 5) is 25.1. The summed E-state index contributed by atoms with van der Waals surface area (Å²) < 4.78 is 0. The maximum atomic E-state index is 12.7. The molecule has 1 saturated heterocycles. The summed E-state index contributed by atoms with van der Waals surface area (Å²) in [5.74, 6) is -0.131. The van der Waals surface area contributed by atoms with Crippen molar-refractivity contribution >= 4 is 40.5 Å². The molecule has 8 heteroatoms. The Labute approximate surface area is 160 Å². The summed E-state index contributed by atoms with van der Waals surface area (Å²) in [5.41, 5.74) is 1.47. The molecule has 136 valence electrons. The number of anilines is 1. The van der Waals surface area contributed by atoms with Crippen molar-refractivity contribution in [2.75, 3.05) is 11.9 Å². The van der Waals surface area contributed by atoms with E-state index in [1.807, 2.05) is 0 Å². The van der Waals surface area contributed by atoms with E-state index in [0.717, 1.165) is 24.9 Å². The van der Waals surface area contributed by atoms with Gasteiger partial charge < -0.3 is 5.32 Å². The minimum atomic E-state index is -0.426. The molecule has 1 amide bonds. The second-order valence-electron chi connectivity index (χ2n) is 6.17. The Morgan fingerprint density at radius 2 is 1.96 bits per heavy atom. The number of carbonyl (C=O) groups excluding carboxylic acids is 1. The number of nitro groups is 1. The highest BCUT2D eigenvalue weighted by atomic mass is 35.5. The minimum Gasteiger partial charge on any atom is -0.323 e. The molecular formula is C18H17Cl2N3O3. The van der Waals surface area contributed by atoms with Crippen LogP contribution in [0.4, 0.5) is 11.4 Å². The molecule has 2 aromatic carbocycles. The molecule has 0 spiro atoms. The van der Waals surface area contributed by atoms with Gasteiger partial charge in [-0.25, -0.2) is 0 Å². The first-order valence-corrected chi connectivity index (χ1v) is 8.93. The zero-order valence-corrected chi connectivity index (χ0v) is 15.3. The maximum Gasteiger partial charge on any atom is 0.269 e. The lowest BCUT2D eigenvalue weighted by Crippen LogP contribution is -2.39. The lowest BCUT2D eigenvalue weighted by molar-refractivity contribution is -0.384. The molecule has 1 heterocycles. The topological polar surface area (TPSA) is 75.5 Å². The minimum absolute atomic E-state index is 0.0556. The number of carbonyl (C=O) groups is 1. The fraction of sp³-hybridized carbons (Fsp3) is 0.278. The van der Waals surface area contributed by atoms with Crippen LogP contribution in [0.5, 0.6) is 0 Å². The van der Waals surface area contributed by atoms with Crippen LogP contribution in [0.1, 0.15) is 18.4 Å². The predicted molar refractivity (Wildman–Crippen MR) is 102 cm³/mol. The van der Waals surface area contributed by atoms with Gasteiger partial charge >= 0.3 is 0 Å². The van der Waals surface area contributed by atoms with Gasteiger partial charge in [-0.1, -0.05) is 35.3 Å². The van der Waals surface area contributed by atoms with E-state index in [-0.39, 0.29) is 17.6 Å².